The van der Waals surface area contributed by atoms with E-state index < -0.39 is 0 Å². The Bertz CT molecular complexity index is 148. The molecule has 0 saturated heterocycles. The molecule has 9 heavy (non-hydrogen) atoms. The number of aryl methyl sites for hydroxylation is 1. The summed E-state index contributed by atoms with van der Waals surface area (Å²) in [5.74, 6) is 0. The minimum atomic E-state index is 1.15. The van der Waals surface area contributed by atoms with E-state index in [2.05, 4.69) is 16.5 Å². The molecule has 1 rings (SSSR count). The van der Waals surface area contributed by atoms with Gasteiger partial charge in [0, 0.05) is 4.88 Å². The zero-order valence-electron chi connectivity index (χ0n) is 5.50. The van der Waals surface area contributed by atoms with Crippen LogP contribution in [0.5, 0.6) is 0 Å². The highest BCUT2D eigenvalue weighted by molar-refractivity contribution is 7.05. The highest BCUT2D eigenvalue weighted by atomic mass is 32.1. The molecule has 0 aliphatic heterocycles. The van der Waals surface area contributed by atoms with Crippen molar-refractivity contribution in [3.63, 3.8) is 0 Å². The Hall–Kier alpha value is -0.440. The predicted molar refractivity (Wildman–Crippen MR) is 38.5 cm³/mol. The zero-order chi connectivity index (χ0) is 6.53. The molecule has 2 nitrogen and oxygen atoms in total. The van der Waals surface area contributed by atoms with Gasteiger partial charge in [-0.25, -0.2) is 0 Å². The molecular formula is C6H10N2S. The summed E-state index contributed by atoms with van der Waals surface area (Å²) in [6.07, 6.45) is 5.50. The third-order valence-corrected chi connectivity index (χ3v) is 1.90. The Morgan fingerprint density at radius 3 is 3.11 bits per heavy atom. The van der Waals surface area contributed by atoms with Crippen LogP contribution in [0, 0.1) is 0 Å². The molecule has 1 aromatic heterocycles. The van der Waals surface area contributed by atoms with Crippen LogP contribution in [-0.2, 0) is 6.42 Å². The molecule has 0 radical (unpaired) electrons. The van der Waals surface area contributed by atoms with E-state index in [0.29, 0.717) is 0 Å². The van der Waals surface area contributed by atoms with Crippen LogP contribution in [0.3, 0.4) is 0 Å². The van der Waals surface area contributed by atoms with Crippen molar-refractivity contribution in [3.8, 4) is 0 Å². The van der Waals surface area contributed by atoms with Gasteiger partial charge in [-0.05, 0) is 24.4 Å². The molecule has 0 spiro atoms. The predicted octanol–water partition coefficient (Wildman–Crippen LogP) is 1.88. The average molecular weight is 142 g/mol. The SMILES string of the molecule is CCCCc1cnns1. The van der Waals surface area contributed by atoms with Gasteiger partial charge in [0.15, 0.2) is 0 Å². The van der Waals surface area contributed by atoms with E-state index in [1.807, 2.05) is 6.20 Å². The number of nitrogens with zero attached hydrogens (tertiary/aromatic N) is 2. The number of rotatable bonds is 3. The molecule has 0 aliphatic carbocycles. The van der Waals surface area contributed by atoms with Crippen LogP contribution in [0.2, 0.25) is 0 Å². The van der Waals surface area contributed by atoms with Gasteiger partial charge >= 0.3 is 0 Å². The Morgan fingerprint density at radius 1 is 1.67 bits per heavy atom. The van der Waals surface area contributed by atoms with Crippen molar-refractivity contribution in [2.75, 3.05) is 0 Å². The molecule has 50 valence electrons. The number of hydrogen-bond acceptors (Lipinski definition) is 3. The summed E-state index contributed by atoms with van der Waals surface area (Å²) < 4.78 is 3.77. The van der Waals surface area contributed by atoms with Gasteiger partial charge in [0.2, 0.25) is 0 Å². The molecule has 0 N–H and O–H groups in total. The van der Waals surface area contributed by atoms with Crippen molar-refractivity contribution >= 4 is 11.5 Å². The lowest BCUT2D eigenvalue weighted by molar-refractivity contribution is 0.802. The standard InChI is InChI=1S/C6H10N2S/c1-2-3-4-6-5-7-8-9-6/h5H,2-4H2,1H3. The van der Waals surface area contributed by atoms with Gasteiger partial charge in [0.1, 0.15) is 0 Å². The van der Waals surface area contributed by atoms with Crippen LogP contribution in [-0.4, -0.2) is 9.59 Å². The summed E-state index contributed by atoms with van der Waals surface area (Å²) in [4.78, 5) is 1.30. The van der Waals surface area contributed by atoms with E-state index in [1.54, 1.807) is 0 Å². The normalized spacial score (nSPS) is 9.89. The van der Waals surface area contributed by atoms with Crippen molar-refractivity contribution in [1.29, 1.82) is 0 Å². The summed E-state index contributed by atoms with van der Waals surface area (Å²) in [6, 6.07) is 0. The number of hydrogen-bond donors (Lipinski definition) is 0. The maximum absolute atomic E-state index is 3.77. The topological polar surface area (TPSA) is 25.8 Å². The van der Waals surface area contributed by atoms with Crippen LogP contribution in [0.1, 0.15) is 24.6 Å². The Kier molecular flexibility index (Phi) is 2.64. The van der Waals surface area contributed by atoms with Crippen LogP contribution in [0.15, 0.2) is 6.20 Å². The van der Waals surface area contributed by atoms with Gasteiger partial charge in [0.05, 0.1) is 6.20 Å². The lowest BCUT2D eigenvalue weighted by atomic mass is 10.2. The van der Waals surface area contributed by atoms with Crippen LogP contribution in [0.25, 0.3) is 0 Å². The van der Waals surface area contributed by atoms with Gasteiger partial charge in [-0.1, -0.05) is 17.8 Å². The molecule has 0 unspecified atom stereocenters. The first-order chi connectivity index (χ1) is 4.43. The highest BCUT2D eigenvalue weighted by Crippen LogP contribution is 2.05. The van der Waals surface area contributed by atoms with E-state index in [4.69, 9.17) is 0 Å². The molecule has 0 aliphatic rings. The summed E-state index contributed by atoms with van der Waals surface area (Å²) in [5, 5.41) is 3.74. The second-order valence-electron chi connectivity index (χ2n) is 1.99. The first-order valence-electron chi connectivity index (χ1n) is 3.19. The van der Waals surface area contributed by atoms with Gasteiger partial charge in [0.25, 0.3) is 0 Å². The Labute approximate surface area is 59.1 Å². The van der Waals surface area contributed by atoms with Crippen molar-refractivity contribution in [3.05, 3.63) is 11.1 Å². The molecule has 0 fully saturated rings. The number of aromatic nitrogens is 2. The maximum Gasteiger partial charge on any atom is 0.0653 e. The second kappa shape index (κ2) is 3.56. The Balaban J connectivity index is 2.30. The molecule has 0 aromatic carbocycles. The van der Waals surface area contributed by atoms with E-state index in [0.717, 1.165) is 6.42 Å². The molecule has 0 atom stereocenters. The van der Waals surface area contributed by atoms with Crippen molar-refractivity contribution in [2.24, 2.45) is 0 Å². The molecule has 0 saturated carbocycles. The monoisotopic (exact) mass is 142 g/mol. The summed E-state index contributed by atoms with van der Waals surface area (Å²) in [5.41, 5.74) is 0. The van der Waals surface area contributed by atoms with E-state index in [-0.39, 0.29) is 0 Å². The molecular weight excluding hydrogens is 132 g/mol. The second-order valence-corrected chi connectivity index (χ2v) is 2.86. The molecule has 3 heteroatoms. The fraction of sp³-hybridized carbons (Fsp3) is 0.667. The first kappa shape index (κ1) is 6.68. The minimum absolute atomic E-state index is 1.15. The lowest BCUT2D eigenvalue weighted by Gasteiger charge is -1.88. The van der Waals surface area contributed by atoms with E-state index >= 15 is 0 Å². The van der Waals surface area contributed by atoms with Gasteiger partial charge < -0.3 is 0 Å². The van der Waals surface area contributed by atoms with E-state index in [9.17, 15) is 0 Å². The quantitative estimate of drug-likeness (QED) is 0.644. The summed E-state index contributed by atoms with van der Waals surface area (Å²) in [6.45, 7) is 2.19. The maximum atomic E-state index is 3.77. The molecule has 0 amide bonds. The molecule has 0 bridgehead atoms. The zero-order valence-corrected chi connectivity index (χ0v) is 6.32. The third-order valence-electron chi connectivity index (χ3n) is 1.18. The Morgan fingerprint density at radius 2 is 2.56 bits per heavy atom. The fourth-order valence-electron chi connectivity index (χ4n) is 0.649. The van der Waals surface area contributed by atoms with Crippen LogP contribution in [0.4, 0.5) is 0 Å². The van der Waals surface area contributed by atoms with Crippen molar-refractivity contribution in [1.82, 2.24) is 9.59 Å². The fourth-order valence-corrected chi connectivity index (χ4v) is 1.18. The van der Waals surface area contributed by atoms with Gasteiger partial charge in [-0.15, -0.1) is 5.10 Å². The molecule has 1 heterocycles. The van der Waals surface area contributed by atoms with Crippen LogP contribution < -0.4 is 0 Å². The number of unbranched alkanes of at least 4 members (excludes halogenated alkanes) is 1. The van der Waals surface area contributed by atoms with Gasteiger partial charge in [-0.3, -0.25) is 0 Å². The summed E-state index contributed by atoms with van der Waals surface area (Å²) in [7, 11) is 0. The van der Waals surface area contributed by atoms with Crippen LogP contribution >= 0.6 is 11.5 Å². The average Bonchev–Trinajstić information content (AvgIpc) is 2.34. The summed E-state index contributed by atoms with van der Waals surface area (Å²) >= 11 is 1.50. The highest BCUT2D eigenvalue weighted by Gasteiger charge is 1.92. The van der Waals surface area contributed by atoms with Crippen molar-refractivity contribution < 1.29 is 0 Å². The molecule has 1 aromatic rings. The smallest absolute Gasteiger partial charge is 0.0653 e. The van der Waals surface area contributed by atoms with Gasteiger partial charge in [-0.2, -0.15) is 0 Å². The van der Waals surface area contributed by atoms with Crippen molar-refractivity contribution in [2.45, 2.75) is 26.2 Å². The van der Waals surface area contributed by atoms with E-state index in [1.165, 1.54) is 29.3 Å². The third kappa shape index (κ3) is 2.10. The minimum Gasteiger partial charge on any atom is -0.146 e. The first-order valence-corrected chi connectivity index (χ1v) is 3.97. The largest absolute Gasteiger partial charge is 0.146 e. The lowest BCUT2D eigenvalue weighted by Crippen LogP contribution is -1.76.